The summed E-state index contributed by atoms with van der Waals surface area (Å²) >= 11 is 0. The Kier molecular flexibility index (Phi) is 10.4. The van der Waals surface area contributed by atoms with Crippen LogP contribution in [0.3, 0.4) is 0 Å². The second-order valence-electron chi connectivity index (χ2n) is 12.3. The number of likely N-dealkylation sites (N-methyl/N-ethyl adjacent to an activating group) is 1. The molecule has 42 heavy (non-hydrogen) atoms. The molecular formula is C32H47N5O5. The van der Waals surface area contributed by atoms with Gasteiger partial charge in [0.25, 0.3) is 5.91 Å². The maximum absolute atomic E-state index is 13.7. The molecule has 1 aromatic carbocycles. The fourth-order valence-corrected chi connectivity index (χ4v) is 6.27. The van der Waals surface area contributed by atoms with Gasteiger partial charge in [0.2, 0.25) is 17.7 Å². The van der Waals surface area contributed by atoms with Gasteiger partial charge in [0.05, 0.1) is 18.1 Å². The number of aryl methyl sites for hydroxylation is 1. The van der Waals surface area contributed by atoms with E-state index >= 15 is 0 Å². The van der Waals surface area contributed by atoms with E-state index in [1.807, 2.05) is 32.7 Å². The average molecular weight is 582 g/mol. The van der Waals surface area contributed by atoms with E-state index in [1.54, 1.807) is 14.0 Å². The summed E-state index contributed by atoms with van der Waals surface area (Å²) in [6.45, 7) is 7.58. The van der Waals surface area contributed by atoms with Crippen molar-refractivity contribution in [2.24, 2.45) is 11.8 Å². The molecule has 0 radical (unpaired) electrons. The molecule has 4 rings (SSSR count). The summed E-state index contributed by atoms with van der Waals surface area (Å²) in [5.74, 6) is -1.74. The molecule has 0 unspecified atom stereocenters. The van der Waals surface area contributed by atoms with Crippen molar-refractivity contribution in [3.63, 3.8) is 0 Å². The molecule has 1 aliphatic carbocycles. The van der Waals surface area contributed by atoms with Crippen LogP contribution in [0.15, 0.2) is 24.3 Å². The van der Waals surface area contributed by atoms with Gasteiger partial charge >= 0.3 is 0 Å². The number of hydrogen-bond acceptors (Lipinski definition) is 6. The van der Waals surface area contributed by atoms with E-state index in [0.717, 1.165) is 24.0 Å². The highest BCUT2D eigenvalue weighted by Gasteiger charge is 2.37. The second kappa shape index (κ2) is 13.8. The van der Waals surface area contributed by atoms with Crippen LogP contribution in [0.25, 0.3) is 6.08 Å². The number of nitrogens with zero attached hydrogens (tertiary/aromatic N) is 2. The molecule has 4 amide bonds. The second-order valence-corrected chi connectivity index (χ2v) is 12.3. The van der Waals surface area contributed by atoms with Crippen molar-refractivity contribution < 1.29 is 23.9 Å². The standard InChI is InChI=1S/C32H47N5O5/c1-19(2)28-30(39)33-21(4)31(40)37-17-9-11-25(35-37)32(41)36(5)26-16-15-23-14-13-22(18-24(23)26)10-7-8-12-27(42-6)20(3)29(38)34-28/h7,10,13-14,18-21,25-28,35H,8-9,11-12,15-17H2,1-6H3,(H,33,39)(H,34,38)/t20-,21+,25+,26-,27-,28+/m1/s1. The van der Waals surface area contributed by atoms with Crippen LogP contribution in [-0.2, 0) is 30.3 Å². The molecule has 4 bridgehead atoms. The topological polar surface area (TPSA) is 120 Å². The Morgan fingerprint density at radius 1 is 0.976 bits per heavy atom. The Bertz CT molecular complexity index is 1200. The molecule has 1 saturated heterocycles. The normalized spacial score (nSPS) is 30.1. The number of amides is 4. The van der Waals surface area contributed by atoms with Gasteiger partial charge in [-0.1, -0.05) is 45.1 Å². The maximum Gasteiger partial charge on any atom is 0.258 e. The lowest BCUT2D eigenvalue weighted by Gasteiger charge is -2.37. The predicted molar refractivity (Wildman–Crippen MR) is 161 cm³/mol. The molecule has 0 aromatic heterocycles. The quantitative estimate of drug-likeness (QED) is 0.494. The summed E-state index contributed by atoms with van der Waals surface area (Å²) in [6.07, 6.45) is 8.25. The highest BCUT2D eigenvalue weighted by atomic mass is 16.5. The lowest BCUT2D eigenvalue weighted by molar-refractivity contribution is -0.146. The molecule has 0 saturated carbocycles. The third kappa shape index (κ3) is 7.03. The van der Waals surface area contributed by atoms with Gasteiger partial charge in [-0.3, -0.25) is 24.2 Å². The van der Waals surface area contributed by atoms with Crippen LogP contribution in [-0.4, -0.2) is 78.5 Å². The van der Waals surface area contributed by atoms with Crippen LogP contribution in [0.1, 0.15) is 82.5 Å². The minimum Gasteiger partial charge on any atom is -0.381 e. The SMILES string of the molecule is CO[C@@H]1CCC=Cc2ccc3c(c2)[C@@H](CC3)N(C)C(=O)[C@@H]2CCCN(N2)C(=O)[C@H](C)NC(=O)[C@H](C(C)C)NC(=O)[C@@H]1C. The summed E-state index contributed by atoms with van der Waals surface area (Å²) < 4.78 is 5.68. The Hall–Kier alpha value is -3.24. The van der Waals surface area contributed by atoms with Gasteiger partial charge < -0.3 is 20.3 Å². The lowest BCUT2D eigenvalue weighted by Crippen LogP contribution is -2.62. The summed E-state index contributed by atoms with van der Waals surface area (Å²) in [5, 5.41) is 7.13. The number of carbonyl (C=O) groups excluding carboxylic acids is 4. The smallest absolute Gasteiger partial charge is 0.258 e. The van der Waals surface area contributed by atoms with Crippen LogP contribution < -0.4 is 16.1 Å². The Labute approximate surface area is 249 Å². The number of methoxy groups -OCH3 is 1. The van der Waals surface area contributed by atoms with Crippen molar-refractivity contribution >= 4 is 29.7 Å². The number of hydrazine groups is 1. The van der Waals surface area contributed by atoms with Crippen LogP contribution in [0, 0.1) is 11.8 Å². The monoisotopic (exact) mass is 581 g/mol. The van der Waals surface area contributed by atoms with Crippen molar-refractivity contribution in [2.75, 3.05) is 20.7 Å². The molecule has 3 aliphatic rings. The zero-order valence-corrected chi connectivity index (χ0v) is 25.8. The Balaban J connectivity index is 1.62. The number of hydrogen-bond donors (Lipinski definition) is 3. The van der Waals surface area contributed by atoms with Crippen molar-refractivity contribution in [1.29, 1.82) is 0 Å². The number of carbonyl (C=O) groups is 4. The van der Waals surface area contributed by atoms with Gasteiger partial charge in [-0.2, -0.15) is 0 Å². The van der Waals surface area contributed by atoms with Gasteiger partial charge in [-0.05, 0) is 74.1 Å². The largest absolute Gasteiger partial charge is 0.381 e. The van der Waals surface area contributed by atoms with Crippen LogP contribution in [0.5, 0.6) is 0 Å². The van der Waals surface area contributed by atoms with Crippen molar-refractivity contribution in [1.82, 2.24) is 26.0 Å². The van der Waals surface area contributed by atoms with E-state index < -0.39 is 30.0 Å². The summed E-state index contributed by atoms with van der Waals surface area (Å²) in [5.41, 5.74) is 6.62. The molecule has 2 aliphatic heterocycles. The first-order valence-corrected chi connectivity index (χ1v) is 15.3. The van der Waals surface area contributed by atoms with Crippen molar-refractivity contribution in [3.8, 4) is 0 Å². The van der Waals surface area contributed by atoms with E-state index in [1.165, 1.54) is 10.6 Å². The third-order valence-electron chi connectivity index (χ3n) is 8.96. The molecule has 0 spiro atoms. The lowest BCUT2D eigenvalue weighted by atomic mass is 9.96. The first-order valence-electron chi connectivity index (χ1n) is 15.3. The van der Waals surface area contributed by atoms with Crippen LogP contribution in [0.4, 0.5) is 0 Å². The summed E-state index contributed by atoms with van der Waals surface area (Å²) in [7, 11) is 3.44. The minimum absolute atomic E-state index is 0.0324. The molecule has 1 aromatic rings. The van der Waals surface area contributed by atoms with E-state index in [9.17, 15) is 19.2 Å². The average Bonchev–Trinajstić information content (AvgIpc) is 3.41. The highest BCUT2D eigenvalue weighted by Crippen LogP contribution is 2.36. The molecule has 1 fully saturated rings. The Morgan fingerprint density at radius 2 is 1.74 bits per heavy atom. The van der Waals surface area contributed by atoms with E-state index in [2.05, 4.69) is 46.4 Å². The molecule has 10 heteroatoms. The molecule has 3 N–H and O–H groups in total. The van der Waals surface area contributed by atoms with Gasteiger partial charge in [0, 0.05) is 20.7 Å². The molecule has 10 nitrogen and oxygen atoms in total. The summed E-state index contributed by atoms with van der Waals surface area (Å²) in [4.78, 5) is 55.3. The third-order valence-corrected chi connectivity index (χ3v) is 8.96. The van der Waals surface area contributed by atoms with Gasteiger partial charge in [-0.15, -0.1) is 0 Å². The molecule has 230 valence electrons. The van der Waals surface area contributed by atoms with Crippen molar-refractivity contribution in [3.05, 3.63) is 41.0 Å². The Morgan fingerprint density at radius 3 is 2.45 bits per heavy atom. The van der Waals surface area contributed by atoms with Gasteiger partial charge in [0.15, 0.2) is 0 Å². The fourth-order valence-electron chi connectivity index (χ4n) is 6.27. The number of rotatable bonds is 2. The number of benzene rings is 1. The number of allylic oxidation sites excluding steroid dienone is 1. The molecule has 6 atom stereocenters. The predicted octanol–water partition coefficient (Wildman–Crippen LogP) is 2.73. The first kappa shape index (κ1) is 31.7. The highest BCUT2D eigenvalue weighted by molar-refractivity contribution is 5.92. The zero-order valence-electron chi connectivity index (χ0n) is 25.8. The number of nitrogens with one attached hydrogen (secondary N) is 3. The minimum atomic E-state index is -0.844. The van der Waals surface area contributed by atoms with E-state index in [0.29, 0.717) is 32.2 Å². The molecular weight excluding hydrogens is 534 g/mol. The summed E-state index contributed by atoms with van der Waals surface area (Å²) in [6, 6.07) is 4.20. The number of ether oxygens (including phenoxy) is 1. The molecule has 2 heterocycles. The van der Waals surface area contributed by atoms with Crippen LogP contribution in [0.2, 0.25) is 0 Å². The van der Waals surface area contributed by atoms with Crippen LogP contribution >= 0.6 is 0 Å². The maximum atomic E-state index is 13.7. The van der Waals surface area contributed by atoms with Crippen molar-refractivity contribution in [2.45, 2.75) is 96.5 Å². The fraction of sp³-hybridized carbons (Fsp3) is 0.625. The van der Waals surface area contributed by atoms with E-state index in [4.69, 9.17) is 4.74 Å². The number of fused-ring (bicyclic) bond motifs is 3. The van der Waals surface area contributed by atoms with Gasteiger partial charge in [-0.25, -0.2) is 5.43 Å². The van der Waals surface area contributed by atoms with E-state index in [-0.39, 0.29) is 35.8 Å². The van der Waals surface area contributed by atoms with Gasteiger partial charge in [0.1, 0.15) is 18.1 Å². The zero-order chi connectivity index (χ0) is 30.6. The first-order chi connectivity index (χ1) is 20.0.